The molecule has 3 nitrogen and oxygen atoms in total. The zero-order valence-electron chi connectivity index (χ0n) is 16.4. The van der Waals surface area contributed by atoms with Gasteiger partial charge >= 0.3 is 6.85 Å². The van der Waals surface area contributed by atoms with Gasteiger partial charge in [-0.25, -0.2) is 4.57 Å². The Bertz CT molecular complexity index is 1210. The van der Waals surface area contributed by atoms with E-state index < -0.39 is 0 Å². The first-order chi connectivity index (χ1) is 13.6. The standard InChI is InChI=1S/C24H22BN2O/c1-17-16-26(3)23(15-21(17)18-9-5-4-6-10-18)27-24-20(13-14-25(27)2)19-11-7-8-12-22(19)28-24/h4-16H,1-3H3/q+1. The number of anilines is 2. The average molecular weight is 365 g/mol. The lowest BCUT2D eigenvalue weighted by Gasteiger charge is -2.23. The van der Waals surface area contributed by atoms with Gasteiger partial charge < -0.3 is 4.42 Å². The van der Waals surface area contributed by atoms with E-state index in [0.717, 1.165) is 28.2 Å². The number of hydrogen-bond donors (Lipinski definition) is 0. The lowest BCUT2D eigenvalue weighted by molar-refractivity contribution is -0.658. The van der Waals surface area contributed by atoms with Crippen LogP contribution >= 0.6 is 0 Å². The van der Waals surface area contributed by atoms with Crippen LogP contribution in [0, 0.1) is 6.92 Å². The molecule has 0 atom stereocenters. The normalized spacial score (nSPS) is 13.2. The van der Waals surface area contributed by atoms with E-state index in [-0.39, 0.29) is 6.85 Å². The molecule has 0 fully saturated rings. The highest BCUT2D eigenvalue weighted by Crippen LogP contribution is 2.40. The molecular weight excluding hydrogens is 343 g/mol. The number of nitrogens with zero attached hydrogens (tertiary/aromatic N) is 2. The third kappa shape index (κ3) is 2.56. The number of aryl methyl sites for hydroxylation is 2. The van der Waals surface area contributed by atoms with E-state index in [1.54, 1.807) is 0 Å². The summed E-state index contributed by atoms with van der Waals surface area (Å²) >= 11 is 0. The summed E-state index contributed by atoms with van der Waals surface area (Å²) in [6, 6.07) is 21.1. The molecule has 0 N–H and O–H groups in total. The van der Waals surface area contributed by atoms with Crippen molar-refractivity contribution in [3.8, 4) is 11.1 Å². The van der Waals surface area contributed by atoms with Crippen LogP contribution in [0.1, 0.15) is 11.1 Å². The van der Waals surface area contributed by atoms with Gasteiger partial charge in [-0.1, -0.05) is 60.6 Å². The van der Waals surface area contributed by atoms with Crippen molar-refractivity contribution in [1.29, 1.82) is 0 Å². The Hall–Kier alpha value is -3.27. The van der Waals surface area contributed by atoms with E-state index in [4.69, 9.17) is 4.42 Å². The summed E-state index contributed by atoms with van der Waals surface area (Å²) in [4.78, 5) is 2.29. The van der Waals surface area contributed by atoms with E-state index in [9.17, 15) is 0 Å². The van der Waals surface area contributed by atoms with Gasteiger partial charge in [-0.05, 0) is 36.5 Å². The van der Waals surface area contributed by atoms with Crippen LogP contribution in [0.2, 0.25) is 6.82 Å². The fourth-order valence-electron chi connectivity index (χ4n) is 4.15. The predicted octanol–water partition coefficient (Wildman–Crippen LogP) is 5.56. The van der Waals surface area contributed by atoms with Crippen LogP contribution in [0.3, 0.4) is 0 Å². The minimum Gasteiger partial charge on any atom is -0.423 e. The minimum absolute atomic E-state index is 0.200. The molecule has 28 heavy (non-hydrogen) atoms. The van der Waals surface area contributed by atoms with Gasteiger partial charge in [-0.2, -0.15) is 0 Å². The highest BCUT2D eigenvalue weighted by atomic mass is 16.4. The van der Waals surface area contributed by atoms with Gasteiger partial charge in [0.2, 0.25) is 0 Å². The van der Waals surface area contributed by atoms with Crippen molar-refractivity contribution in [3.05, 3.63) is 84.0 Å². The average Bonchev–Trinajstić information content (AvgIpc) is 3.08. The second-order valence-electron chi connectivity index (χ2n) is 7.49. The molecule has 136 valence electrons. The number of benzene rings is 2. The Morgan fingerprint density at radius 3 is 2.57 bits per heavy atom. The molecule has 0 aliphatic carbocycles. The number of hydrogen-bond acceptors (Lipinski definition) is 2. The van der Waals surface area contributed by atoms with Crippen molar-refractivity contribution in [1.82, 2.24) is 0 Å². The molecule has 1 aliphatic rings. The van der Waals surface area contributed by atoms with Crippen LogP contribution in [0.5, 0.6) is 0 Å². The van der Waals surface area contributed by atoms with Crippen molar-refractivity contribution < 1.29 is 8.98 Å². The molecule has 0 radical (unpaired) electrons. The molecule has 0 unspecified atom stereocenters. The molecule has 4 heteroatoms. The molecule has 0 saturated carbocycles. The lowest BCUT2D eigenvalue weighted by atomic mass is 9.61. The fraction of sp³-hybridized carbons (Fsp3) is 0.125. The SMILES string of the molecule is CB1C=Cc2c(oc3ccccc23)N1c1cc(-c2ccccc2)c(C)c[n+]1C. The van der Waals surface area contributed by atoms with Crippen LogP contribution < -0.4 is 9.38 Å². The van der Waals surface area contributed by atoms with Crippen molar-refractivity contribution in [3.63, 3.8) is 0 Å². The van der Waals surface area contributed by atoms with E-state index in [1.807, 2.05) is 12.1 Å². The molecule has 0 saturated heterocycles. The van der Waals surface area contributed by atoms with E-state index in [0.29, 0.717) is 0 Å². The van der Waals surface area contributed by atoms with Gasteiger partial charge in [0.15, 0.2) is 0 Å². The molecular formula is C24H22BN2O+. The topological polar surface area (TPSA) is 20.3 Å². The maximum absolute atomic E-state index is 6.32. The van der Waals surface area contributed by atoms with Crippen molar-refractivity contribution in [2.45, 2.75) is 13.7 Å². The van der Waals surface area contributed by atoms with Crippen molar-refractivity contribution >= 4 is 35.6 Å². The maximum atomic E-state index is 6.32. The number of fused-ring (bicyclic) bond motifs is 3. The molecule has 2 aromatic heterocycles. The largest absolute Gasteiger partial charge is 0.423 e. The smallest absolute Gasteiger partial charge is 0.405 e. The summed E-state index contributed by atoms with van der Waals surface area (Å²) < 4.78 is 8.51. The first-order valence-corrected chi connectivity index (χ1v) is 9.68. The lowest BCUT2D eigenvalue weighted by Crippen LogP contribution is -2.43. The van der Waals surface area contributed by atoms with Gasteiger partial charge in [0.1, 0.15) is 5.58 Å². The molecule has 4 aromatic rings. The fourth-order valence-corrected chi connectivity index (χ4v) is 4.15. The van der Waals surface area contributed by atoms with Crippen LogP contribution in [-0.4, -0.2) is 6.85 Å². The Morgan fingerprint density at radius 1 is 1.00 bits per heavy atom. The third-order valence-corrected chi connectivity index (χ3v) is 5.56. The van der Waals surface area contributed by atoms with Gasteiger partial charge in [-0.3, -0.25) is 4.81 Å². The molecule has 0 amide bonds. The van der Waals surface area contributed by atoms with Crippen molar-refractivity contribution in [2.75, 3.05) is 4.81 Å². The van der Waals surface area contributed by atoms with E-state index >= 15 is 0 Å². The summed E-state index contributed by atoms with van der Waals surface area (Å²) in [6.45, 7) is 4.57. The first kappa shape index (κ1) is 16.9. The second-order valence-corrected chi connectivity index (χ2v) is 7.49. The summed E-state index contributed by atoms with van der Waals surface area (Å²) in [5.74, 6) is 4.27. The molecule has 1 aliphatic heterocycles. The van der Waals surface area contributed by atoms with E-state index in [2.05, 4.69) is 97.0 Å². The highest BCUT2D eigenvalue weighted by Gasteiger charge is 2.37. The van der Waals surface area contributed by atoms with Gasteiger partial charge in [-0.15, -0.1) is 0 Å². The number of furan rings is 1. The van der Waals surface area contributed by atoms with Crippen LogP contribution in [-0.2, 0) is 7.05 Å². The number of rotatable bonds is 2. The molecule has 3 heterocycles. The van der Waals surface area contributed by atoms with Crippen LogP contribution in [0.4, 0.5) is 11.7 Å². The monoisotopic (exact) mass is 365 g/mol. The number of pyridine rings is 1. The Balaban J connectivity index is 1.72. The van der Waals surface area contributed by atoms with Crippen molar-refractivity contribution in [2.24, 2.45) is 7.05 Å². The Labute approximate surface area is 165 Å². The molecule has 0 spiro atoms. The highest BCUT2D eigenvalue weighted by molar-refractivity contribution is 6.69. The van der Waals surface area contributed by atoms with E-state index in [1.165, 1.54) is 16.7 Å². The van der Waals surface area contributed by atoms with Crippen LogP contribution in [0.25, 0.3) is 28.2 Å². The molecule has 5 rings (SSSR count). The summed E-state index contributed by atoms with van der Waals surface area (Å²) in [5.41, 5.74) is 5.80. The quantitative estimate of drug-likeness (QED) is 0.342. The zero-order chi connectivity index (χ0) is 19.3. The summed E-state index contributed by atoms with van der Waals surface area (Å²) in [6.07, 6.45) is 4.39. The number of aromatic nitrogens is 1. The molecule has 0 bridgehead atoms. The van der Waals surface area contributed by atoms with Gasteiger partial charge in [0.25, 0.3) is 11.7 Å². The third-order valence-electron chi connectivity index (χ3n) is 5.56. The zero-order valence-corrected chi connectivity index (χ0v) is 16.4. The van der Waals surface area contributed by atoms with Crippen LogP contribution in [0.15, 0.2) is 77.3 Å². The minimum atomic E-state index is 0.200. The Kier molecular flexibility index (Phi) is 3.87. The number of para-hydroxylation sites is 1. The van der Waals surface area contributed by atoms with Gasteiger partial charge in [0, 0.05) is 11.5 Å². The first-order valence-electron chi connectivity index (χ1n) is 9.68. The summed E-state index contributed by atoms with van der Waals surface area (Å²) in [5, 5.41) is 1.16. The predicted molar refractivity (Wildman–Crippen MR) is 117 cm³/mol. The molecule has 2 aromatic carbocycles. The van der Waals surface area contributed by atoms with Gasteiger partial charge in [0.05, 0.1) is 18.8 Å². The maximum Gasteiger partial charge on any atom is 0.405 e. The second kappa shape index (κ2) is 6.41. The Morgan fingerprint density at radius 2 is 1.75 bits per heavy atom. The summed E-state index contributed by atoms with van der Waals surface area (Å²) in [7, 11) is 2.10.